The molecule has 0 heterocycles. The first kappa shape index (κ1) is 16.3. The Morgan fingerprint density at radius 1 is 0.750 bits per heavy atom. The van der Waals surface area contributed by atoms with Crippen molar-refractivity contribution in [1.29, 1.82) is 0 Å². The van der Waals surface area contributed by atoms with E-state index in [-0.39, 0.29) is 6.10 Å². The molecule has 3 atom stereocenters. The van der Waals surface area contributed by atoms with Crippen molar-refractivity contribution in [2.24, 2.45) is 17.8 Å². The van der Waals surface area contributed by atoms with Crippen LogP contribution in [0.25, 0.3) is 0 Å². The van der Waals surface area contributed by atoms with E-state index in [0.717, 1.165) is 18.3 Å². The molecule has 0 saturated heterocycles. The number of rotatable bonds is 12. The number of unbranched alkanes of at least 4 members (excludes halogenated alkanes) is 9. The highest BCUT2D eigenvalue weighted by molar-refractivity contribution is 4.97. The fourth-order valence-corrected chi connectivity index (χ4v) is 4.15. The zero-order chi connectivity index (χ0) is 14.2. The monoisotopic (exact) mass is 280 g/mol. The largest absolute Gasteiger partial charge is 0.393 e. The molecule has 118 valence electrons. The minimum Gasteiger partial charge on any atom is -0.393 e. The fraction of sp³-hybridized carbons (Fsp3) is 1.00. The predicted octanol–water partition coefficient (Wildman–Crippen LogP) is 5.70. The van der Waals surface area contributed by atoms with E-state index in [4.69, 9.17) is 0 Å². The Balaban J connectivity index is 1.33. The van der Waals surface area contributed by atoms with Gasteiger partial charge in [-0.1, -0.05) is 71.1 Å². The third kappa shape index (κ3) is 5.76. The summed E-state index contributed by atoms with van der Waals surface area (Å²) in [5, 5.41) is 10.2. The van der Waals surface area contributed by atoms with Crippen LogP contribution in [0, 0.1) is 17.8 Å². The molecule has 2 rings (SSSR count). The van der Waals surface area contributed by atoms with Crippen molar-refractivity contribution < 1.29 is 5.11 Å². The SMILES string of the molecule is CCCCCCCCCCCCC(O)C1CC2CC2C1. The quantitative estimate of drug-likeness (QED) is 0.454. The molecule has 2 saturated carbocycles. The van der Waals surface area contributed by atoms with Crippen molar-refractivity contribution in [3.63, 3.8) is 0 Å². The summed E-state index contributed by atoms with van der Waals surface area (Å²) >= 11 is 0. The Kier molecular flexibility index (Phi) is 7.41. The van der Waals surface area contributed by atoms with Crippen LogP contribution in [0.3, 0.4) is 0 Å². The van der Waals surface area contributed by atoms with Crippen LogP contribution in [-0.2, 0) is 0 Å². The van der Waals surface area contributed by atoms with Crippen molar-refractivity contribution in [2.75, 3.05) is 0 Å². The summed E-state index contributed by atoms with van der Waals surface area (Å²) < 4.78 is 0. The molecule has 0 radical (unpaired) electrons. The summed E-state index contributed by atoms with van der Waals surface area (Å²) in [6, 6.07) is 0. The molecule has 1 N–H and O–H groups in total. The average Bonchev–Trinajstić information content (AvgIpc) is 3.07. The van der Waals surface area contributed by atoms with Crippen molar-refractivity contribution >= 4 is 0 Å². The van der Waals surface area contributed by atoms with Crippen LogP contribution < -0.4 is 0 Å². The van der Waals surface area contributed by atoms with Crippen LogP contribution in [-0.4, -0.2) is 11.2 Å². The van der Waals surface area contributed by atoms with Crippen LogP contribution in [0.2, 0.25) is 0 Å². The minimum atomic E-state index is 0.0249. The van der Waals surface area contributed by atoms with E-state index in [2.05, 4.69) is 6.92 Å². The van der Waals surface area contributed by atoms with Crippen LogP contribution in [0.5, 0.6) is 0 Å². The van der Waals surface area contributed by atoms with E-state index >= 15 is 0 Å². The molecule has 0 aliphatic heterocycles. The molecule has 0 aromatic carbocycles. The predicted molar refractivity (Wildman–Crippen MR) is 86.8 cm³/mol. The van der Waals surface area contributed by atoms with Crippen molar-refractivity contribution in [2.45, 2.75) is 103 Å². The molecule has 1 nitrogen and oxygen atoms in total. The van der Waals surface area contributed by atoms with E-state index < -0.39 is 0 Å². The minimum absolute atomic E-state index is 0.0249. The Labute approximate surface area is 126 Å². The fourth-order valence-electron chi connectivity index (χ4n) is 4.15. The van der Waals surface area contributed by atoms with Gasteiger partial charge in [-0.05, 0) is 43.4 Å². The third-order valence-corrected chi connectivity index (χ3v) is 5.68. The van der Waals surface area contributed by atoms with E-state index in [1.165, 1.54) is 83.5 Å². The molecule has 0 amide bonds. The topological polar surface area (TPSA) is 20.2 Å². The Bertz CT molecular complexity index is 240. The van der Waals surface area contributed by atoms with Crippen molar-refractivity contribution in [1.82, 2.24) is 0 Å². The molecule has 2 aliphatic rings. The molecule has 1 heteroatoms. The van der Waals surface area contributed by atoms with Gasteiger partial charge in [-0.25, -0.2) is 0 Å². The van der Waals surface area contributed by atoms with Crippen molar-refractivity contribution in [3.05, 3.63) is 0 Å². The van der Waals surface area contributed by atoms with Gasteiger partial charge in [-0.3, -0.25) is 0 Å². The number of aliphatic hydroxyl groups is 1. The van der Waals surface area contributed by atoms with Gasteiger partial charge in [0.25, 0.3) is 0 Å². The maximum atomic E-state index is 10.2. The summed E-state index contributed by atoms with van der Waals surface area (Å²) in [6.45, 7) is 2.28. The molecule has 0 aromatic heterocycles. The smallest absolute Gasteiger partial charge is 0.0568 e. The average molecular weight is 280 g/mol. The lowest BCUT2D eigenvalue weighted by Gasteiger charge is -2.19. The lowest BCUT2D eigenvalue weighted by molar-refractivity contribution is 0.0924. The highest BCUT2D eigenvalue weighted by Gasteiger charge is 2.47. The Morgan fingerprint density at radius 3 is 1.80 bits per heavy atom. The van der Waals surface area contributed by atoms with Gasteiger partial charge in [0.05, 0.1) is 6.10 Å². The summed E-state index contributed by atoms with van der Waals surface area (Å²) in [5.74, 6) is 2.70. The van der Waals surface area contributed by atoms with E-state index in [1.807, 2.05) is 0 Å². The highest BCUT2D eigenvalue weighted by atomic mass is 16.3. The second kappa shape index (κ2) is 9.07. The maximum Gasteiger partial charge on any atom is 0.0568 e. The first-order valence-corrected chi connectivity index (χ1v) is 9.49. The first-order chi connectivity index (χ1) is 9.81. The molecule has 0 spiro atoms. The van der Waals surface area contributed by atoms with Crippen LogP contribution in [0.15, 0.2) is 0 Å². The zero-order valence-corrected chi connectivity index (χ0v) is 13.7. The van der Waals surface area contributed by atoms with Gasteiger partial charge in [0.1, 0.15) is 0 Å². The molecular formula is C19H36O. The van der Waals surface area contributed by atoms with Crippen LogP contribution >= 0.6 is 0 Å². The lowest BCUT2D eigenvalue weighted by Crippen LogP contribution is -2.18. The lowest BCUT2D eigenvalue weighted by atomic mass is 9.93. The first-order valence-electron chi connectivity index (χ1n) is 9.49. The second-order valence-electron chi connectivity index (χ2n) is 7.53. The highest BCUT2D eigenvalue weighted by Crippen LogP contribution is 2.55. The van der Waals surface area contributed by atoms with Gasteiger partial charge < -0.3 is 5.11 Å². The van der Waals surface area contributed by atoms with Crippen LogP contribution in [0.1, 0.15) is 96.8 Å². The van der Waals surface area contributed by atoms with Crippen LogP contribution in [0.4, 0.5) is 0 Å². The molecule has 2 fully saturated rings. The summed E-state index contributed by atoms with van der Waals surface area (Å²) in [7, 11) is 0. The van der Waals surface area contributed by atoms with E-state index in [9.17, 15) is 5.11 Å². The second-order valence-corrected chi connectivity index (χ2v) is 7.53. The third-order valence-electron chi connectivity index (χ3n) is 5.68. The number of aliphatic hydroxyl groups excluding tert-OH is 1. The van der Waals surface area contributed by atoms with Gasteiger partial charge in [-0.15, -0.1) is 0 Å². The Morgan fingerprint density at radius 2 is 1.25 bits per heavy atom. The Hall–Kier alpha value is -0.0400. The molecule has 0 aromatic rings. The van der Waals surface area contributed by atoms with Gasteiger partial charge in [0.15, 0.2) is 0 Å². The van der Waals surface area contributed by atoms with Gasteiger partial charge in [0, 0.05) is 0 Å². The van der Waals surface area contributed by atoms with E-state index in [0.29, 0.717) is 5.92 Å². The molecule has 20 heavy (non-hydrogen) atoms. The molecule has 3 unspecified atom stereocenters. The maximum absolute atomic E-state index is 10.2. The van der Waals surface area contributed by atoms with Gasteiger partial charge in [-0.2, -0.15) is 0 Å². The summed E-state index contributed by atoms with van der Waals surface area (Å²) in [5.41, 5.74) is 0. The number of hydrogen-bond acceptors (Lipinski definition) is 1. The van der Waals surface area contributed by atoms with E-state index in [1.54, 1.807) is 0 Å². The van der Waals surface area contributed by atoms with Gasteiger partial charge >= 0.3 is 0 Å². The number of fused-ring (bicyclic) bond motifs is 1. The van der Waals surface area contributed by atoms with Gasteiger partial charge in [0.2, 0.25) is 0 Å². The standard InChI is InChI=1S/C19H36O/c1-2-3-4-5-6-7-8-9-10-11-12-19(20)18-14-16-13-17(16)15-18/h16-20H,2-15H2,1H3. The summed E-state index contributed by atoms with van der Waals surface area (Å²) in [4.78, 5) is 0. The molecule has 2 aliphatic carbocycles. The van der Waals surface area contributed by atoms with Crippen molar-refractivity contribution in [3.8, 4) is 0 Å². The summed E-state index contributed by atoms with van der Waals surface area (Å²) in [6.07, 6.45) is 19.1. The molecular weight excluding hydrogens is 244 g/mol. The normalized spacial score (nSPS) is 29.4. The number of hydrogen-bond donors (Lipinski definition) is 1. The zero-order valence-electron chi connectivity index (χ0n) is 13.7. The molecule has 0 bridgehead atoms.